The third-order valence-corrected chi connectivity index (χ3v) is 5.36. The predicted molar refractivity (Wildman–Crippen MR) is 130 cm³/mol. The van der Waals surface area contributed by atoms with Gasteiger partial charge in [-0.05, 0) is 30.0 Å². The van der Waals surface area contributed by atoms with E-state index in [9.17, 15) is 9.59 Å². The summed E-state index contributed by atoms with van der Waals surface area (Å²) in [6.07, 6.45) is 0.951. The lowest BCUT2D eigenvalue weighted by molar-refractivity contribution is -0.141. The molecule has 3 rings (SSSR count). The highest BCUT2D eigenvalue weighted by molar-refractivity contribution is 5.89. The highest BCUT2D eigenvalue weighted by atomic mass is 16.5. The van der Waals surface area contributed by atoms with E-state index in [1.54, 1.807) is 4.90 Å². The zero-order valence-electron chi connectivity index (χ0n) is 19.2. The molecule has 5 nitrogen and oxygen atoms in total. The van der Waals surface area contributed by atoms with Gasteiger partial charge >= 0.3 is 0 Å². The smallest absolute Gasteiger partial charge is 0.247 e. The molecule has 3 aromatic carbocycles. The highest BCUT2D eigenvalue weighted by Crippen LogP contribution is 2.25. The number of nitrogens with one attached hydrogen (secondary N) is 1. The van der Waals surface area contributed by atoms with E-state index >= 15 is 0 Å². The summed E-state index contributed by atoms with van der Waals surface area (Å²) in [4.78, 5) is 28.7. The first kappa shape index (κ1) is 24.2. The highest BCUT2D eigenvalue weighted by Gasteiger charge is 2.31. The Morgan fingerprint density at radius 1 is 0.848 bits per heavy atom. The minimum atomic E-state index is -0.727. The molecular formula is C28H32N2O3. The van der Waals surface area contributed by atoms with Gasteiger partial charge in [0.1, 0.15) is 6.04 Å². The second kappa shape index (κ2) is 13.2. The standard InChI is InChI=1S/C28H32N2O3/c1-2-33-20-12-19-29-28(32)27(25-17-10-5-11-18-25)30(22-24-15-8-4-9-16-24)26(31)21-23-13-6-3-7-14-23/h3-11,13-18,27H,2,12,19-22H2,1H3,(H,29,32)/t27-/m0/s1. The van der Waals surface area contributed by atoms with Crippen molar-refractivity contribution in [1.82, 2.24) is 10.2 Å². The molecule has 0 radical (unpaired) electrons. The lowest BCUT2D eigenvalue weighted by Gasteiger charge is -2.32. The van der Waals surface area contributed by atoms with Crippen molar-refractivity contribution in [2.75, 3.05) is 19.8 Å². The minimum absolute atomic E-state index is 0.0941. The molecule has 0 spiro atoms. The maximum atomic E-state index is 13.6. The molecule has 0 heterocycles. The van der Waals surface area contributed by atoms with Crippen LogP contribution >= 0.6 is 0 Å². The zero-order chi connectivity index (χ0) is 23.3. The Labute approximate surface area is 196 Å². The molecule has 0 bridgehead atoms. The maximum Gasteiger partial charge on any atom is 0.247 e. The molecule has 0 saturated heterocycles. The van der Waals surface area contributed by atoms with Gasteiger partial charge in [-0.25, -0.2) is 0 Å². The lowest BCUT2D eigenvalue weighted by Crippen LogP contribution is -2.44. The molecular weight excluding hydrogens is 412 g/mol. The van der Waals surface area contributed by atoms with E-state index in [-0.39, 0.29) is 18.2 Å². The van der Waals surface area contributed by atoms with Gasteiger partial charge in [0.05, 0.1) is 6.42 Å². The lowest BCUT2D eigenvalue weighted by atomic mass is 10.0. The summed E-state index contributed by atoms with van der Waals surface area (Å²) in [5.74, 6) is -0.279. The molecule has 33 heavy (non-hydrogen) atoms. The number of rotatable bonds is 12. The van der Waals surface area contributed by atoms with Crippen LogP contribution < -0.4 is 5.32 Å². The third kappa shape index (κ3) is 7.58. The van der Waals surface area contributed by atoms with Crippen molar-refractivity contribution in [3.8, 4) is 0 Å². The molecule has 0 fully saturated rings. The van der Waals surface area contributed by atoms with Gasteiger partial charge in [-0.3, -0.25) is 9.59 Å². The molecule has 0 aliphatic heterocycles. The summed E-state index contributed by atoms with van der Waals surface area (Å²) < 4.78 is 5.38. The monoisotopic (exact) mass is 444 g/mol. The van der Waals surface area contributed by atoms with Crippen LogP contribution in [0.15, 0.2) is 91.0 Å². The Morgan fingerprint density at radius 2 is 1.42 bits per heavy atom. The number of ether oxygens (including phenoxy) is 1. The van der Waals surface area contributed by atoms with Gasteiger partial charge in [0.2, 0.25) is 11.8 Å². The van der Waals surface area contributed by atoms with Crippen molar-refractivity contribution in [1.29, 1.82) is 0 Å². The minimum Gasteiger partial charge on any atom is -0.382 e. The summed E-state index contributed by atoms with van der Waals surface area (Å²) in [6.45, 7) is 4.03. The van der Waals surface area contributed by atoms with Crippen LogP contribution in [0.1, 0.15) is 36.1 Å². The number of amides is 2. The quantitative estimate of drug-likeness (QED) is 0.417. The summed E-state index contributed by atoms with van der Waals surface area (Å²) >= 11 is 0. The Kier molecular flexibility index (Phi) is 9.67. The molecule has 172 valence electrons. The van der Waals surface area contributed by atoms with E-state index in [1.807, 2.05) is 97.9 Å². The maximum absolute atomic E-state index is 13.6. The average molecular weight is 445 g/mol. The summed E-state index contributed by atoms with van der Waals surface area (Å²) in [6, 6.07) is 28.2. The fraction of sp³-hybridized carbons (Fsp3) is 0.286. The molecule has 2 amide bonds. The summed E-state index contributed by atoms with van der Waals surface area (Å²) in [5.41, 5.74) is 2.69. The number of carbonyl (C=O) groups excluding carboxylic acids is 2. The van der Waals surface area contributed by atoms with Crippen molar-refractivity contribution >= 4 is 11.8 Å². The van der Waals surface area contributed by atoms with E-state index in [0.29, 0.717) is 26.3 Å². The molecule has 0 unspecified atom stereocenters. The molecule has 1 N–H and O–H groups in total. The van der Waals surface area contributed by atoms with Crippen molar-refractivity contribution in [3.63, 3.8) is 0 Å². The summed E-state index contributed by atoms with van der Waals surface area (Å²) in [5, 5.41) is 3.01. The number of nitrogens with zero attached hydrogens (tertiary/aromatic N) is 1. The Balaban J connectivity index is 1.88. The zero-order valence-corrected chi connectivity index (χ0v) is 19.2. The molecule has 0 aliphatic rings. The van der Waals surface area contributed by atoms with Crippen molar-refractivity contribution < 1.29 is 14.3 Å². The first-order valence-electron chi connectivity index (χ1n) is 11.5. The molecule has 0 saturated carbocycles. The van der Waals surface area contributed by atoms with E-state index in [4.69, 9.17) is 4.74 Å². The van der Waals surface area contributed by atoms with E-state index in [0.717, 1.165) is 23.1 Å². The van der Waals surface area contributed by atoms with Crippen LogP contribution in [0.2, 0.25) is 0 Å². The predicted octanol–water partition coefficient (Wildman–Crippen LogP) is 4.54. The van der Waals surface area contributed by atoms with Gasteiger partial charge in [-0.15, -0.1) is 0 Å². The number of hydrogen-bond acceptors (Lipinski definition) is 3. The Morgan fingerprint density at radius 3 is 2.03 bits per heavy atom. The second-order valence-electron chi connectivity index (χ2n) is 7.82. The van der Waals surface area contributed by atoms with Gasteiger partial charge < -0.3 is 15.0 Å². The Bertz CT molecular complexity index is 978. The molecule has 5 heteroatoms. The van der Waals surface area contributed by atoms with Gasteiger partial charge in [-0.1, -0.05) is 91.0 Å². The topological polar surface area (TPSA) is 58.6 Å². The van der Waals surface area contributed by atoms with Crippen LogP contribution in [0.25, 0.3) is 0 Å². The van der Waals surface area contributed by atoms with Crippen LogP contribution in [0.4, 0.5) is 0 Å². The fourth-order valence-electron chi connectivity index (χ4n) is 3.71. The van der Waals surface area contributed by atoms with Gasteiger partial charge in [0.25, 0.3) is 0 Å². The molecule has 0 aromatic heterocycles. The normalized spacial score (nSPS) is 11.5. The van der Waals surface area contributed by atoms with Crippen molar-refractivity contribution in [3.05, 3.63) is 108 Å². The molecule has 0 aliphatic carbocycles. The third-order valence-electron chi connectivity index (χ3n) is 5.36. The van der Waals surface area contributed by atoms with Crippen LogP contribution in [0.5, 0.6) is 0 Å². The van der Waals surface area contributed by atoms with E-state index in [1.165, 1.54) is 0 Å². The van der Waals surface area contributed by atoms with Crippen LogP contribution in [0, 0.1) is 0 Å². The van der Waals surface area contributed by atoms with Gasteiger partial charge in [-0.2, -0.15) is 0 Å². The van der Waals surface area contributed by atoms with Crippen molar-refractivity contribution in [2.45, 2.75) is 32.4 Å². The van der Waals surface area contributed by atoms with Crippen LogP contribution in [-0.4, -0.2) is 36.5 Å². The molecule has 1 atom stereocenters. The van der Waals surface area contributed by atoms with Crippen LogP contribution in [-0.2, 0) is 27.3 Å². The average Bonchev–Trinajstić information content (AvgIpc) is 2.85. The SMILES string of the molecule is CCOCCCNC(=O)[C@H](c1ccccc1)N(Cc1ccccc1)C(=O)Cc1ccccc1. The van der Waals surface area contributed by atoms with Crippen molar-refractivity contribution in [2.24, 2.45) is 0 Å². The molecule has 3 aromatic rings. The number of benzene rings is 3. The second-order valence-corrected chi connectivity index (χ2v) is 7.82. The first-order valence-corrected chi connectivity index (χ1v) is 11.5. The van der Waals surface area contributed by atoms with Crippen LogP contribution in [0.3, 0.4) is 0 Å². The number of carbonyl (C=O) groups is 2. The first-order chi connectivity index (χ1) is 16.2. The fourth-order valence-corrected chi connectivity index (χ4v) is 3.71. The van der Waals surface area contributed by atoms with Gasteiger partial charge in [0.15, 0.2) is 0 Å². The van der Waals surface area contributed by atoms with E-state index in [2.05, 4.69) is 5.32 Å². The Hall–Kier alpha value is -3.44. The summed E-state index contributed by atoms with van der Waals surface area (Å²) in [7, 11) is 0. The van der Waals surface area contributed by atoms with Gasteiger partial charge in [0, 0.05) is 26.3 Å². The number of hydrogen-bond donors (Lipinski definition) is 1. The largest absolute Gasteiger partial charge is 0.382 e. The van der Waals surface area contributed by atoms with E-state index < -0.39 is 6.04 Å².